The van der Waals surface area contributed by atoms with Gasteiger partial charge in [0.2, 0.25) is 0 Å². The van der Waals surface area contributed by atoms with Crippen LogP contribution in [-0.2, 0) is 0 Å². The van der Waals surface area contributed by atoms with E-state index in [1.54, 1.807) is 0 Å². The summed E-state index contributed by atoms with van der Waals surface area (Å²) in [5.41, 5.74) is 5.85. The van der Waals surface area contributed by atoms with Crippen LogP contribution in [-0.4, -0.2) is 18.1 Å². The lowest BCUT2D eigenvalue weighted by Gasteiger charge is -2.24. The van der Waals surface area contributed by atoms with Crippen molar-refractivity contribution in [1.82, 2.24) is 5.32 Å². The molecule has 1 atom stereocenters. The van der Waals surface area contributed by atoms with Crippen LogP contribution < -0.4 is 11.1 Å². The largest absolute Gasteiger partial charge is 0.324 e. The number of nitrogens with one attached hydrogen (secondary N) is 1. The lowest BCUT2D eigenvalue weighted by atomic mass is 10.0. The summed E-state index contributed by atoms with van der Waals surface area (Å²) in [6.07, 6.45) is 6.50. The van der Waals surface area contributed by atoms with Gasteiger partial charge in [0.05, 0.1) is 0 Å². The molecule has 0 aliphatic carbocycles. The molecule has 86 valence electrons. The number of hydrogen-bond acceptors (Lipinski definition) is 2. The number of hydrogen-bond donors (Lipinski definition) is 2. The highest BCUT2D eigenvalue weighted by Gasteiger charge is 2.12. The first-order valence-corrected chi connectivity index (χ1v) is 6.02. The van der Waals surface area contributed by atoms with Crippen LogP contribution in [0.3, 0.4) is 0 Å². The summed E-state index contributed by atoms with van der Waals surface area (Å²) >= 11 is 0. The van der Waals surface area contributed by atoms with Gasteiger partial charge in [0.25, 0.3) is 0 Å². The Labute approximate surface area is 89.6 Å². The molecule has 0 heterocycles. The molecule has 0 spiro atoms. The summed E-state index contributed by atoms with van der Waals surface area (Å²) < 4.78 is 0. The van der Waals surface area contributed by atoms with Crippen LogP contribution in [0.2, 0.25) is 0 Å². The minimum absolute atomic E-state index is 0.0851. The Bertz CT molecular complexity index is 127. The average molecular weight is 200 g/mol. The van der Waals surface area contributed by atoms with Crippen LogP contribution in [0.25, 0.3) is 0 Å². The predicted molar refractivity (Wildman–Crippen MR) is 64.5 cm³/mol. The first-order chi connectivity index (χ1) is 6.49. The van der Waals surface area contributed by atoms with E-state index >= 15 is 0 Å². The lowest BCUT2D eigenvalue weighted by Crippen LogP contribution is -2.46. The van der Waals surface area contributed by atoms with E-state index < -0.39 is 0 Å². The third-order valence-corrected chi connectivity index (χ3v) is 2.50. The van der Waals surface area contributed by atoms with Crippen molar-refractivity contribution < 1.29 is 0 Å². The van der Waals surface area contributed by atoms with Gasteiger partial charge < -0.3 is 11.1 Å². The molecule has 0 fully saturated rings. The van der Waals surface area contributed by atoms with Crippen LogP contribution in [0.1, 0.15) is 59.8 Å². The molecule has 0 radical (unpaired) electrons. The summed E-state index contributed by atoms with van der Waals surface area (Å²) in [7, 11) is 0. The number of unbranched alkanes of at least 4 members (excludes halogenated alkanes) is 2. The van der Waals surface area contributed by atoms with Crippen LogP contribution >= 0.6 is 0 Å². The Balaban J connectivity index is 3.58. The topological polar surface area (TPSA) is 38.0 Å². The van der Waals surface area contributed by atoms with E-state index in [0.717, 1.165) is 6.54 Å². The maximum absolute atomic E-state index is 5.93. The van der Waals surface area contributed by atoms with Crippen LogP contribution in [0.15, 0.2) is 0 Å². The fourth-order valence-electron chi connectivity index (χ4n) is 1.50. The fourth-order valence-corrected chi connectivity index (χ4v) is 1.50. The predicted octanol–water partition coefficient (Wildman–Crippen LogP) is 2.67. The van der Waals surface area contributed by atoms with E-state index in [0.29, 0.717) is 6.04 Å². The first kappa shape index (κ1) is 13.9. The zero-order valence-corrected chi connectivity index (χ0v) is 10.4. The summed E-state index contributed by atoms with van der Waals surface area (Å²) in [5, 5.41) is 3.54. The van der Waals surface area contributed by atoms with Gasteiger partial charge in [-0.2, -0.15) is 0 Å². The smallest absolute Gasteiger partial charge is 0.0223 e. The molecule has 0 aromatic carbocycles. The van der Waals surface area contributed by atoms with Gasteiger partial charge in [0, 0.05) is 18.1 Å². The Morgan fingerprint density at radius 1 is 1.21 bits per heavy atom. The quantitative estimate of drug-likeness (QED) is 0.591. The van der Waals surface area contributed by atoms with Gasteiger partial charge in [-0.3, -0.25) is 0 Å². The average Bonchev–Trinajstić information content (AvgIpc) is 2.09. The lowest BCUT2D eigenvalue weighted by molar-refractivity contribution is 0.387. The Morgan fingerprint density at radius 2 is 1.86 bits per heavy atom. The van der Waals surface area contributed by atoms with Gasteiger partial charge in [-0.15, -0.1) is 0 Å². The minimum Gasteiger partial charge on any atom is -0.324 e. The highest BCUT2D eigenvalue weighted by Crippen LogP contribution is 2.07. The maximum atomic E-state index is 5.93. The van der Waals surface area contributed by atoms with Gasteiger partial charge >= 0.3 is 0 Å². The second-order valence-corrected chi connectivity index (χ2v) is 4.97. The molecule has 0 bridgehead atoms. The van der Waals surface area contributed by atoms with Crippen LogP contribution in [0.4, 0.5) is 0 Å². The zero-order valence-electron chi connectivity index (χ0n) is 10.4. The van der Waals surface area contributed by atoms with Crippen LogP contribution in [0, 0.1) is 0 Å². The SMILES string of the molecule is CCCCCC(CC)NCC(C)(C)N. The van der Waals surface area contributed by atoms with E-state index in [-0.39, 0.29) is 5.54 Å². The summed E-state index contributed by atoms with van der Waals surface area (Å²) in [4.78, 5) is 0. The molecule has 3 N–H and O–H groups in total. The van der Waals surface area contributed by atoms with Gasteiger partial charge in [0.1, 0.15) is 0 Å². The Kier molecular flexibility index (Phi) is 7.20. The molecular formula is C12H28N2. The van der Waals surface area contributed by atoms with Crippen molar-refractivity contribution in [2.45, 2.75) is 71.4 Å². The summed E-state index contributed by atoms with van der Waals surface area (Å²) in [6, 6.07) is 0.657. The monoisotopic (exact) mass is 200 g/mol. The molecule has 2 nitrogen and oxygen atoms in total. The molecule has 0 rings (SSSR count). The molecule has 0 aromatic rings. The van der Waals surface area contributed by atoms with E-state index in [1.807, 2.05) is 0 Å². The molecule has 0 aliphatic rings. The van der Waals surface area contributed by atoms with Crippen molar-refractivity contribution in [3.63, 3.8) is 0 Å². The third kappa shape index (κ3) is 8.52. The molecule has 0 saturated carbocycles. The van der Waals surface area contributed by atoms with Crippen molar-refractivity contribution in [3.05, 3.63) is 0 Å². The third-order valence-electron chi connectivity index (χ3n) is 2.50. The molecule has 1 unspecified atom stereocenters. The highest BCUT2D eigenvalue weighted by atomic mass is 15.0. The Hall–Kier alpha value is -0.0800. The highest BCUT2D eigenvalue weighted by molar-refractivity contribution is 4.77. The number of nitrogens with two attached hydrogens (primary N) is 1. The van der Waals surface area contributed by atoms with Gasteiger partial charge in [-0.25, -0.2) is 0 Å². The van der Waals surface area contributed by atoms with Gasteiger partial charge in [0.15, 0.2) is 0 Å². The van der Waals surface area contributed by atoms with E-state index in [2.05, 4.69) is 33.0 Å². The molecule has 0 aromatic heterocycles. The first-order valence-electron chi connectivity index (χ1n) is 6.02. The van der Waals surface area contributed by atoms with Crippen molar-refractivity contribution in [2.75, 3.05) is 6.54 Å². The van der Waals surface area contributed by atoms with Crippen molar-refractivity contribution in [1.29, 1.82) is 0 Å². The van der Waals surface area contributed by atoms with E-state index in [9.17, 15) is 0 Å². The standard InChI is InChI=1S/C12H28N2/c1-5-7-8-9-11(6-2)14-10-12(3,4)13/h11,14H,5-10,13H2,1-4H3. The van der Waals surface area contributed by atoms with Crippen molar-refractivity contribution >= 4 is 0 Å². The second kappa shape index (κ2) is 7.24. The van der Waals surface area contributed by atoms with Crippen molar-refractivity contribution in [2.24, 2.45) is 5.73 Å². The fraction of sp³-hybridized carbons (Fsp3) is 1.00. The maximum Gasteiger partial charge on any atom is 0.0223 e. The molecule has 2 heteroatoms. The minimum atomic E-state index is -0.0851. The van der Waals surface area contributed by atoms with Crippen LogP contribution in [0.5, 0.6) is 0 Å². The normalized spacial score (nSPS) is 14.4. The number of rotatable bonds is 8. The molecule has 14 heavy (non-hydrogen) atoms. The summed E-state index contributed by atoms with van der Waals surface area (Å²) in [6.45, 7) is 9.54. The Morgan fingerprint density at radius 3 is 2.29 bits per heavy atom. The second-order valence-electron chi connectivity index (χ2n) is 4.97. The van der Waals surface area contributed by atoms with Crippen molar-refractivity contribution in [3.8, 4) is 0 Å². The molecule has 0 amide bonds. The van der Waals surface area contributed by atoms with E-state index in [1.165, 1.54) is 32.1 Å². The summed E-state index contributed by atoms with van der Waals surface area (Å²) in [5.74, 6) is 0. The van der Waals surface area contributed by atoms with Gasteiger partial charge in [-0.1, -0.05) is 33.1 Å². The van der Waals surface area contributed by atoms with E-state index in [4.69, 9.17) is 5.73 Å². The zero-order chi connectivity index (χ0) is 11.0. The molecular weight excluding hydrogens is 172 g/mol. The van der Waals surface area contributed by atoms with Gasteiger partial charge in [-0.05, 0) is 26.7 Å². The molecule has 0 saturated heterocycles. The molecule has 0 aliphatic heterocycles.